The number of guanidine groups is 1. The van der Waals surface area contributed by atoms with Gasteiger partial charge >= 0.3 is 0 Å². The summed E-state index contributed by atoms with van der Waals surface area (Å²) in [5.74, 6) is 1.88. The minimum Gasteiger partial charge on any atom is -0.490 e. The SMILES string of the molecule is CN=C(NCc1ccc(C)cc1OC1CCCC1)NCC1(N2CCCC2)CCOCC1.I. The first-order valence-electron chi connectivity index (χ1n) is 12.2. The molecule has 0 spiro atoms. The summed E-state index contributed by atoms with van der Waals surface area (Å²) >= 11 is 0. The molecule has 1 aliphatic carbocycles. The van der Waals surface area contributed by atoms with Crippen LogP contribution in [0.15, 0.2) is 23.2 Å². The molecule has 0 unspecified atom stereocenters. The second-order valence-electron chi connectivity index (χ2n) is 9.45. The summed E-state index contributed by atoms with van der Waals surface area (Å²) in [6, 6.07) is 6.53. The van der Waals surface area contributed by atoms with Gasteiger partial charge in [-0.2, -0.15) is 0 Å². The highest BCUT2D eigenvalue weighted by atomic mass is 127. The topological polar surface area (TPSA) is 58.1 Å². The van der Waals surface area contributed by atoms with E-state index in [0.717, 1.165) is 44.3 Å². The van der Waals surface area contributed by atoms with Gasteiger partial charge in [-0.05, 0) is 83.0 Å². The predicted molar refractivity (Wildman–Crippen MR) is 141 cm³/mol. The Morgan fingerprint density at radius 3 is 2.53 bits per heavy atom. The van der Waals surface area contributed by atoms with Crippen LogP contribution in [-0.4, -0.2) is 62.4 Å². The smallest absolute Gasteiger partial charge is 0.191 e. The number of hydrogen-bond acceptors (Lipinski definition) is 4. The number of ether oxygens (including phenoxy) is 2. The van der Waals surface area contributed by atoms with E-state index in [4.69, 9.17) is 9.47 Å². The number of nitrogens with zero attached hydrogens (tertiary/aromatic N) is 2. The van der Waals surface area contributed by atoms with E-state index >= 15 is 0 Å². The molecular weight excluding hydrogens is 515 g/mol. The highest BCUT2D eigenvalue weighted by Crippen LogP contribution is 2.31. The third-order valence-corrected chi connectivity index (χ3v) is 7.27. The summed E-state index contributed by atoms with van der Waals surface area (Å²) in [6.45, 7) is 7.88. The first-order chi connectivity index (χ1) is 15.2. The van der Waals surface area contributed by atoms with Gasteiger partial charge in [-0.25, -0.2) is 0 Å². The number of nitrogens with one attached hydrogen (secondary N) is 2. The molecule has 4 rings (SSSR count). The molecular formula is C25H41IN4O2. The van der Waals surface area contributed by atoms with Crippen molar-refractivity contribution in [3.05, 3.63) is 29.3 Å². The van der Waals surface area contributed by atoms with Crippen molar-refractivity contribution in [1.82, 2.24) is 15.5 Å². The van der Waals surface area contributed by atoms with E-state index in [-0.39, 0.29) is 29.5 Å². The highest BCUT2D eigenvalue weighted by molar-refractivity contribution is 14.0. The predicted octanol–water partition coefficient (Wildman–Crippen LogP) is 4.24. The van der Waals surface area contributed by atoms with E-state index in [1.807, 2.05) is 7.05 Å². The quantitative estimate of drug-likeness (QED) is 0.299. The largest absolute Gasteiger partial charge is 0.490 e. The Morgan fingerprint density at radius 1 is 1.12 bits per heavy atom. The van der Waals surface area contributed by atoms with Crippen LogP contribution in [0.25, 0.3) is 0 Å². The second kappa shape index (κ2) is 12.4. The molecule has 2 aliphatic heterocycles. The fraction of sp³-hybridized carbons (Fsp3) is 0.720. The summed E-state index contributed by atoms with van der Waals surface area (Å²) in [5, 5.41) is 7.16. The Kier molecular flexibility index (Phi) is 9.92. The van der Waals surface area contributed by atoms with E-state index < -0.39 is 0 Å². The van der Waals surface area contributed by atoms with Crippen molar-refractivity contribution in [2.75, 3.05) is 39.9 Å². The standard InChI is InChI=1S/C25H40N4O2.HI/c1-20-9-10-21(23(17-20)31-22-7-3-4-8-22)18-27-24(26-2)28-19-25(11-15-30-16-12-25)29-13-5-6-14-29;/h9-10,17,22H,3-8,11-16,18-19H2,1-2H3,(H2,26,27,28);1H. The molecule has 6 nitrogen and oxygen atoms in total. The summed E-state index contributed by atoms with van der Waals surface area (Å²) in [4.78, 5) is 7.18. The average Bonchev–Trinajstić information content (AvgIpc) is 3.50. The Hall–Kier alpha value is -1.06. The molecule has 2 saturated heterocycles. The number of aryl methyl sites for hydroxylation is 1. The summed E-state index contributed by atoms with van der Waals surface area (Å²) in [7, 11) is 1.85. The monoisotopic (exact) mass is 556 g/mol. The van der Waals surface area contributed by atoms with Gasteiger partial charge in [-0.15, -0.1) is 24.0 Å². The molecule has 2 heterocycles. The maximum absolute atomic E-state index is 6.37. The lowest BCUT2D eigenvalue weighted by atomic mass is 9.88. The lowest BCUT2D eigenvalue weighted by molar-refractivity contribution is -0.0164. The molecule has 0 bridgehead atoms. The molecule has 3 fully saturated rings. The number of benzene rings is 1. The van der Waals surface area contributed by atoms with E-state index in [1.54, 1.807) is 0 Å². The Balaban J connectivity index is 0.00000289. The van der Waals surface area contributed by atoms with Crippen molar-refractivity contribution in [3.63, 3.8) is 0 Å². The average molecular weight is 557 g/mol. The van der Waals surface area contributed by atoms with Crippen LogP contribution in [0.1, 0.15) is 62.5 Å². The van der Waals surface area contributed by atoms with Crippen molar-refractivity contribution in [3.8, 4) is 5.75 Å². The third kappa shape index (κ3) is 6.50. The highest BCUT2D eigenvalue weighted by Gasteiger charge is 2.39. The minimum absolute atomic E-state index is 0. The number of likely N-dealkylation sites (tertiary alicyclic amines) is 1. The van der Waals surface area contributed by atoms with Crippen LogP contribution in [0.3, 0.4) is 0 Å². The zero-order valence-corrected chi connectivity index (χ0v) is 22.2. The molecule has 0 atom stereocenters. The summed E-state index contributed by atoms with van der Waals surface area (Å²) in [5.41, 5.74) is 2.62. The van der Waals surface area contributed by atoms with Crippen LogP contribution in [0.4, 0.5) is 0 Å². The van der Waals surface area contributed by atoms with Gasteiger partial charge in [0.05, 0.1) is 6.10 Å². The number of halogens is 1. The van der Waals surface area contributed by atoms with Crippen molar-refractivity contribution < 1.29 is 9.47 Å². The van der Waals surface area contributed by atoms with Crippen molar-refractivity contribution >= 4 is 29.9 Å². The van der Waals surface area contributed by atoms with Crippen LogP contribution in [-0.2, 0) is 11.3 Å². The van der Waals surface area contributed by atoms with Crippen LogP contribution in [0.2, 0.25) is 0 Å². The summed E-state index contributed by atoms with van der Waals surface area (Å²) in [6.07, 6.45) is 10.1. The molecule has 0 radical (unpaired) electrons. The van der Waals surface area contributed by atoms with Crippen LogP contribution in [0.5, 0.6) is 5.75 Å². The first-order valence-corrected chi connectivity index (χ1v) is 12.2. The van der Waals surface area contributed by atoms with Gasteiger partial charge in [0.25, 0.3) is 0 Å². The molecule has 1 aromatic rings. The lowest BCUT2D eigenvalue weighted by Gasteiger charge is -2.45. The molecule has 32 heavy (non-hydrogen) atoms. The summed E-state index contributed by atoms with van der Waals surface area (Å²) < 4.78 is 12.1. The normalized spacial score (nSPS) is 21.9. The molecule has 3 aliphatic rings. The van der Waals surface area contributed by atoms with Gasteiger partial charge in [0.2, 0.25) is 0 Å². The fourth-order valence-corrected chi connectivity index (χ4v) is 5.30. The molecule has 1 aromatic carbocycles. The van der Waals surface area contributed by atoms with Gasteiger partial charge in [0.15, 0.2) is 5.96 Å². The van der Waals surface area contributed by atoms with Crippen molar-refractivity contribution in [1.29, 1.82) is 0 Å². The number of aliphatic imine (C=N–C) groups is 1. The zero-order chi connectivity index (χ0) is 21.5. The third-order valence-electron chi connectivity index (χ3n) is 7.27. The van der Waals surface area contributed by atoms with Gasteiger partial charge < -0.3 is 20.1 Å². The van der Waals surface area contributed by atoms with E-state index in [1.165, 1.54) is 62.7 Å². The lowest BCUT2D eigenvalue weighted by Crippen LogP contribution is -2.58. The molecule has 1 saturated carbocycles. The van der Waals surface area contributed by atoms with E-state index in [0.29, 0.717) is 12.6 Å². The second-order valence-corrected chi connectivity index (χ2v) is 9.45. The minimum atomic E-state index is 0. The molecule has 2 N–H and O–H groups in total. The zero-order valence-electron chi connectivity index (χ0n) is 19.8. The number of hydrogen-bond donors (Lipinski definition) is 2. The van der Waals surface area contributed by atoms with E-state index in [2.05, 4.69) is 45.6 Å². The Bertz CT molecular complexity index is 739. The maximum atomic E-state index is 6.37. The maximum Gasteiger partial charge on any atom is 0.191 e. The van der Waals surface area contributed by atoms with Crippen LogP contribution in [0, 0.1) is 6.92 Å². The Labute approximate surface area is 210 Å². The van der Waals surface area contributed by atoms with E-state index in [9.17, 15) is 0 Å². The van der Waals surface area contributed by atoms with Gasteiger partial charge in [-0.3, -0.25) is 9.89 Å². The van der Waals surface area contributed by atoms with Crippen LogP contribution < -0.4 is 15.4 Å². The molecule has 180 valence electrons. The fourth-order valence-electron chi connectivity index (χ4n) is 5.30. The van der Waals surface area contributed by atoms with Crippen molar-refractivity contribution in [2.24, 2.45) is 4.99 Å². The van der Waals surface area contributed by atoms with Gasteiger partial charge in [-0.1, -0.05) is 12.1 Å². The number of rotatable bonds is 7. The van der Waals surface area contributed by atoms with Gasteiger partial charge in [0, 0.05) is 44.5 Å². The first kappa shape index (κ1) is 25.6. The molecule has 0 amide bonds. The molecule has 7 heteroatoms. The van der Waals surface area contributed by atoms with Crippen LogP contribution >= 0.6 is 24.0 Å². The van der Waals surface area contributed by atoms with Gasteiger partial charge in [0.1, 0.15) is 5.75 Å². The molecule has 0 aromatic heterocycles. The van der Waals surface area contributed by atoms with Crippen molar-refractivity contribution in [2.45, 2.75) is 76.5 Å². The Morgan fingerprint density at radius 2 is 1.84 bits per heavy atom.